The van der Waals surface area contributed by atoms with Gasteiger partial charge in [-0.2, -0.15) is 0 Å². The van der Waals surface area contributed by atoms with Gasteiger partial charge in [0.1, 0.15) is 0 Å². The number of aromatic nitrogens is 6. The first kappa shape index (κ1) is 37.2. The maximum Gasteiger partial charge on any atom is 0.244 e. The van der Waals surface area contributed by atoms with E-state index in [2.05, 4.69) is 136 Å². The fourth-order valence-electron chi connectivity index (χ4n) is 8.19. The number of amides is 1. The van der Waals surface area contributed by atoms with Crippen LogP contribution in [0.25, 0.3) is 97.0 Å². The van der Waals surface area contributed by atoms with Crippen molar-refractivity contribution in [2.45, 2.75) is 13.0 Å². The lowest BCUT2D eigenvalue weighted by atomic mass is 10.0. The van der Waals surface area contributed by atoms with Gasteiger partial charge in [-0.05, 0) is 77.3 Å². The third-order valence-corrected chi connectivity index (χ3v) is 11.0. The molecule has 8 aromatic rings. The molecule has 8 heteroatoms. The number of nitrogens with one attached hydrogen (secondary N) is 3. The average Bonchev–Trinajstić information content (AvgIpc) is 4.18. The maximum atomic E-state index is 13.4. The van der Waals surface area contributed by atoms with Gasteiger partial charge in [0.05, 0.1) is 34.6 Å². The molecule has 3 N–H and O–H groups in total. The minimum Gasteiger partial charge on any atom is -0.354 e. The van der Waals surface area contributed by atoms with Gasteiger partial charge >= 0.3 is 0 Å². The lowest BCUT2D eigenvalue weighted by Crippen LogP contribution is -2.22. The summed E-state index contributed by atoms with van der Waals surface area (Å²) in [6.07, 6.45) is 18.2. The van der Waals surface area contributed by atoms with Crippen molar-refractivity contribution in [1.82, 2.24) is 34.8 Å². The number of fused-ring (bicyclic) bond motifs is 8. The van der Waals surface area contributed by atoms with Crippen molar-refractivity contribution < 1.29 is 4.79 Å². The number of hydrogen-bond acceptors (Lipinski definition) is 4. The molecule has 0 atom stereocenters. The first-order valence-corrected chi connectivity index (χ1v) is 20.5. The first-order valence-electron chi connectivity index (χ1n) is 20.5. The zero-order valence-corrected chi connectivity index (χ0v) is 33.3. The standard InChI is InChI=1S/C53H41N7O/c61-48(55-30-13-32-60-33-31-54-35-60)29-22-40-34-47-51(38-18-9-3-10-19-38)45-26-25-43(57-45)49(36-14-5-1-6-15-36)41-23-24-42(56-41)50(37-16-7-2-8-17-37)44-27-28-46(58-44)52(53(40)59-47)39-20-11-4-12-21-39/h1-12,14-29,31,33-35,57,59H,13,30,32H2,(H,55,61)/b29-22+,49-41?,49-43?,50-42?,50-44?,51-45?,51-47?,52-46?,53-52?. The van der Waals surface area contributed by atoms with Crippen LogP contribution in [0, 0.1) is 0 Å². The zero-order chi connectivity index (χ0) is 41.0. The van der Waals surface area contributed by atoms with E-state index in [0.717, 1.165) is 108 Å². The lowest BCUT2D eigenvalue weighted by Gasteiger charge is -2.07. The summed E-state index contributed by atoms with van der Waals surface area (Å²) >= 11 is 0. The second kappa shape index (κ2) is 16.6. The fraction of sp³-hybridized carbons (Fsp3) is 0.0566. The van der Waals surface area contributed by atoms with Crippen LogP contribution in [0.4, 0.5) is 0 Å². The van der Waals surface area contributed by atoms with Crippen LogP contribution in [-0.2, 0) is 11.3 Å². The van der Waals surface area contributed by atoms with Crippen LogP contribution in [0.15, 0.2) is 164 Å². The SMILES string of the molecule is O=C(/C=C/c1cc2[nH]c1c(-c1ccccc1)c1nc(c(-c3ccccc3)c3nc(c(-c4ccccc4)c4ccc([nH]4)c2-c2ccccc2)C=C3)C=C1)NCCCn1ccnc1. The monoisotopic (exact) mass is 791 g/mol. The Morgan fingerprint density at radius 1 is 0.574 bits per heavy atom. The predicted octanol–water partition coefficient (Wildman–Crippen LogP) is 11.7. The predicted molar refractivity (Wildman–Crippen MR) is 249 cm³/mol. The molecule has 0 unspecified atom stereocenters. The van der Waals surface area contributed by atoms with Crippen molar-refractivity contribution in [2.75, 3.05) is 6.54 Å². The lowest BCUT2D eigenvalue weighted by molar-refractivity contribution is -0.116. The van der Waals surface area contributed by atoms with Gasteiger partial charge in [0.15, 0.2) is 0 Å². The Morgan fingerprint density at radius 3 is 1.66 bits per heavy atom. The molecule has 0 fully saturated rings. The number of imidazole rings is 1. The van der Waals surface area contributed by atoms with Gasteiger partial charge in [0.25, 0.3) is 0 Å². The summed E-state index contributed by atoms with van der Waals surface area (Å²) in [5, 5.41) is 3.07. The normalized spacial score (nSPS) is 12.0. The van der Waals surface area contributed by atoms with E-state index in [9.17, 15) is 4.79 Å². The average molecular weight is 792 g/mol. The topological polar surface area (TPSA) is 104 Å². The van der Waals surface area contributed by atoms with Gasteiger partial charge in [-0.25, -0.2) is 15.0 Å². The Hall–Kier alpha value is -8.10. The highest BCUT2D eigenvalue weighted by Gasteiger charge is 2.20. The molecule has 2 aliphatic heterocycles. The highest BCUT2D eigenvalue weighted by Crippen LogP contribution is 2.39. The Morgan fingerprint density at radius 2 is 1.08 bits per heavy atom. The number of aromatic amines is 2. The number of rotatable bonds is 10. The van der Waals surface area contributed by atoms with E-state index in [1.807, 2.05) is 65.4 Å². The quantitative estimate of drug-likeness (QED) is 0.0947. The highest BCUT2D eigenvalue weighted by atomic mass is 16.1. The second-order valence-electron chi connectivity index (χ2n) is 15.0. The van der Waals surface area contributed by atoms with Crippen LogP contribution in [0.3, 0.4) is 0 Å². The van der Waals surface area contributed by atoms with E-state index < -0.39 is 0 Å². The number of carbonyl (C=O) groups excluding carboxylic acids is 1. The van der Waals surface area contributed by atoms with Crippen molar-refractivity contribution in [3.8, 4) is 44.5 Å². The molecule has 61 heavy (non-hydrogen) atoms. The number of hydrogen-bond donors (Lipinski definition) is 3. The van der Waals surface area contributed by atoms with Crippen LogP contribution in [0.1, 0.15) is 34.8 Å². The van der Waals surface area contributed by atoms with Gasteiger partial charge < -0.3 is 19.9 Å². The van der Waals surface area contributed by atoms with E-state index in [-0.39, 0.29) is 5.91 Å². The van der Waals surface area contributed by atoms with Gasteiger partial charge in [-0.15, -0.1) is 0 Å². The number of H-pyrrole nitrogens is 2. The minimum absolute atomic E-state index is 0.165. The van der Waals surface area contributed by atoms with Crippen LogP contribution < -0.4 is 5.32 Å². The van der Waals surface area contributed by atoms with E-state index in [4.69, 9.17) is 9.97 Å². The second-order valence-corrected chi connectivity index (χ2v) is 15.0. The minimum atomic E-state index is -0.165. The van der Waals surface area contributed by atoms with E-state index >= 15 is 0 Å². The molecule has 6 heterocycles. The molecule has 8 nitrogen and oxygen atoms in total. The fourth-order valence-corrected chi connectivity index (χ4v) is 8.19. The number of nitrogens with zero attached hydrogens (tertiary/aromatic N) is 4. The van der Waals surface area contributed by atoms with Crippen molar-refractivity contribution >= 4 is 58.4 Å². The largest absolute Gasteiger partial charge is 0.354 e. The highest BCUT2D eigenvalue weighted by molar-refractivity contribution is 6.03. The summed E-state index contributed by atoms with van der Waals surface area (Å²) in [6.45, 7) is 1.31. The van der Waals surface area contributed by atoms with Crippen molar-refractivity contribution in [3.63, 3.8) is 0 Å². The van der Waals surface area contributed by atoms with Crippen LogP contribution in [0.2, 0.25) is 0 Å². The van der Waals surface area contributed by atoms with E-state index in [1.165, 1.54) is 0 Å². The number of aryl methyl sites for hydroxylation is 1. The summed E-state index contributed by atoms with van der Waals surface area (Å²) in [5.41, 5.74) is 15.6. The van der Waals surface area contributed by atoms with E-state index in [1.54, 1.807) is 18.6 Å². The van der Waals surface area contributed by atoms with Gasteiger partial charge in [0.2, 0.25) is 5.91 Å². The molecular weight excluding hydrogens is 751 g/mol. The number of benzene rings is 4. The Bertz CT molecular complexity index is 3120. The van der Waals surface area contributed by atoms with Crippen LogP contribution in [-0.4, -0.2) is 41.9 Å². The molecule has 4 aromatic carbocycles. The van der Waals surface area contributed by atoms with Crippen molar-refractivity contribution in [3.05, 3.63) is 193 Å². The molecule has 0 saturated heterocycles. The molecule has 0 aliphatic carbocycles. The van der Waals surface area contributed by atoms with Gasteiger partial charge in [-0.1, -0.05) is 121 Å². The third-order valence-electron chi connectivity index (χ3n) is 11.0. The molecule has 0 saturated carbocycles. The Kier molecular flexibility index (Phi) is 10.1. The molecule has 2 aliphatic rings. The van der Waals surface area contributed by atoms with Crippen LogP contribution in [0.5, 0.6) is 0 Å². The Balaban J connectivity index is 1.28. The molecule has 1 amide bonds. The molecule has 294 valence electrons. The number of carbonyl (C=O) groups is 1. The molecule has 10 rings (SSSR count). The van der Waals surface area contributed by atoms with Gasteiger partial charge in [-0.3, -0.25) is 4.79 Å². The smallest absolute Gasteiger partial charge is 0.244 e. The molecule has 0 spiro atoms. The summed E-state index contributed by atoms with van der Waals surface area (Å²) in [6, 6.07) is 47.9. The van der Waals surface area contributed by atoms with Crippen LogP contribution >= 0.6 is 0 Å². The summed E-state index contributed by atoms with van der Waals surface area (Å²) in [5.74, 6) is -0.165. The molecule has 4 aromatic heterocycles. The summed E-state index contributed by atoms with van der Waals surface area (Å²) in [7, 11) is 0. The molecular formula is C53H41N7O. The molecule has 0 radical (unpaired) electrons. The van der Waals surface area contributed by atoms with E-state index in [0.29, 0.717) is 6.54 Å². The first-order chi connectivity index (χ1) is 30.2. The summed E-state index contributed by atoms with van der Waals surface area (Å²) < 4.78 is 2.01. The maximum absolute atomic E-state index is 13.4. The van der Waals surface area contributed by atoms with Gasteiger partial charge in [0, 0.05) is 75.9 Å². The zero-order valence-electron chi connectivity index (χ0n) is 33.3. The van der Waals surface area contributed by atoms with Crippen molar-refractivity contribution in [2.24, 2.45) is 0 Å². The molecule has 8 bridgehead atoms. The van der Waals surface area contributed by atoms with Crippen molar-refractivity contribution in [1.29, 1.82) is 0 Å². The summed E-state index contributed by atoms with van der Waals surface area (Å²) in [4.78, 5) is 36.1. The Labute approximate surface area is 353 Å². The third kappa shape index (κ3) is 7.66.